The Morgan fingerprint density at radius 2 is 2.32 bits per heavy atom. The molecule has 0 aliphatic carbocycles. The zero-order valence-corrected chi connectivity index (χ0v) is 11.2. The van der Waals surface area contributed by atoms with Crippen LogP contribution in [-0.4, -0.2) is 21.3 Å². The van der Waals surface area contributed by atoms with Gasteiger partial charge in [-0.2, -0.15) is 10.1 Å². The van der Waals surface area contributed by atoms with Crippen molar-refractivity contribution in [2.45, 2.75) is 32.7 Å². The minimum absolute atomic E-state index is 0.0687. The lowest BCUT2D eigenvalue weighted by Gasteiger charge is -2.24. The van der Waals surface area contributed by atoms with Crippen LogP contribution in [-0.2, 0) is 6.42 Å². The number of rotatable bonds is 2. The second-order valence-electron chi connectivity index (χ2n) is 4.89. The van der Waals surface area contributed by atoms with Crippen molar-refractivity contribution in [3.63, 3.8) is 0 Å². The highest BCUT2D eigenvalue weighted by molar-refractivity contribution is 5.34. The molecule has 2 heterocycles. The van der Waals surface area contributed by atoms with Gasteiger partial charge in [0.05, 0.1) is 6.04 Å². The Morgan fingerprint density at radius 3 is 3.05 bits per heavy atom. The molecule has 1 aromatic heterocycles. The molecule has 1 aliphatic rings. The summed E-state index contributed by atoms with van der Waals surface area (Å²) in [6, 6.07) is 5.48. The van der Waals surface area contributed by atoms with E-state index in [1.54, 1.807) is 13.0 Å². The number of fused-ring (bicyclic) bond motifs is 1. The average Bonchev–Trinajstić information content (AvgIpc) is 2.85. The molecular weight excluding hydrogens is 243 g/mol. The van der Waals surface area contributed by atoms with Gasteiger partial charge in [-0.1, -0.05) is 19.1 Å². The van der Waals surface area contributed by atoms with Gasteiger partial charge in [0.1, 0.15) is 5.82 Å². The Bertz CT molecular complexity index is 605. The van der Waals surface area contributed by atoms with Crippen LogP contribution < -0.4 is 5.32 Å². The van der Waals surface area contributed by atoms with Crippen LogP contribution >= 0.6 is 0 Å². The number of benzene rings is 1. The summed E-state index contributed by atoms with van der Waals surface area (Å²) >= 11 is 0. The monoisotopic (exact) mass is 260 g/mol. The van der Waals surface area contributed by atoms with E-state index >= 15 is 0 Å². The Morgan fingerprint density at radius 1 is 1.47 bits per heavy atom. The van der Waals surface area contributed by atoms with E-state index in [9.17, 15) is 4.39 Å². The average molecular weight is 260 g/mol. The SMILES string of the molecule is CCc1nc2n(n1)C(c1ccc(C)c(F)c1)CCN2. The first kappa shape index (κ1) is 12.1. The van der Waals surface area contributed by atoms with Crippen LogP contribution in [0.4, 0.5) is 10.3 Å². The summed E-state index contributed by atoms with van der Waals surface area (Å²) in [6.07, 6.45) is 1.69. The molecule has 0 fully saturated rings. The maximum Gasteiger partial charge on any atom is 0.221 e. The number of aromatic nitrogens is 3. The number of nitrogens with one attached hydrogen (secondary N) is 1. The van der Waals surface area contributed by atoms with Crippen LogP contribution in [0, 0.1) is 12.7 Å². The van der Waals surface area contributed by atoms with Crippen molar-refractivity contribution in [2.24, 2.45) is 0 Å². The Kier molecular flexibility index (Phi) is 2.97. The fourth-order valence-corrected chi connectivity index (χ4v) is 2.42. The van der Waals surface area contributed by atoms with Crippen molar-refractivity contribution in [2.75, 3.05) is 11.9 Å². The van der Waals surface area contributed by atoms with E-state index in [1.165, 1.54) is 0 Å². The van der Waals surface area contributed by atoms with E-state index in [2.05, 4.69) is 15.4 Å². The molecule has 0 saturated heterocycles. The fourth-order valence-electron chi connectivity index (χ4n) is 2.42. The van der Waals surface area contributed by atoms with E-state index in [-0.39, 0.29) is 11.9 Å². The molecule has 1 N–H and O–H groups in total. The first-order chi connectivity index (χ1) is 9.19. The van der Waals surface area contributed by atoms with E-state index < -0.39 is 0 Å². The molecule has 2 aromatic rings. The Balaban J connectivity index is 2.02. The molecule has 1 atom stereocenters. The van der Waals surface area contributed by atoms with Crippen molar-refractivity contribution in [3.05, 3.63) is 41.0 Å². The molecule has 1 unspecified atom stereocenters. The normalized spacial score (nSPS) is 17.9. The highest BCUT2D eigenvalue weighted by Gasteiger charge is 2.24. The first-order valence-corrected chi connectivity index (χ1v) is 6.64. The van der Waals surface area contributed by atoms with E-state index in [0.29, 0.717) is 5.56 Å². The Labute approximate surface area is 111 Å². The summed E-state index contributed by atoms with van der Waals surface area (Å²) < 4.78 is 15.6. The highest BCUT2D eigenvalue weighted by Crippen LogP contribution is 2.29. The zero-order chi connectivity index (χ0) is 13.4. The van der Waals surface area contributed by atoms with Crippen molar-refractivity contribution in [3.8, 4) is 0 Å². The molecule has 4 nitrogen and oxygen atoms in total. The molecule has 0 radical (unpaired) electrons. The van der Waals surface area contributed by atoms with Crippen LogP contribution in [0.2, 0.25) is 0 Å². The third kappa shape index (κ3) is 2.09. The molecule has 3 rings (SSSR count). The minimum Gasteiger partial charge on any atom is -0.354 e. The zero-order valence-electron chi connectivity index (χ0n) is 11.2. The number of hydrogen-bond acceptors (Lipinski definition) is 3. The van der Waals surface area contributed by atoms with Crippen LogP contribution in [0.1, 0.15) is 36.3 Å². The van der Waals surface area contributed by atoms with Gasteiger partial charge in [0.25, 0.3) is 0 Å². The number of nitrogens with zero attached hydrogens (tertiary/aromatic N) is 3. The number of aryl methyl sites for hydroxylation is 2. The van der Waals surface area contributed by atoms with E-state index in [1.807, 2.05) is 23.7 Å². The second kappa shape index (κ2) is 4.64. The van der Waals surface area contributed by atoms with Gasteiger partial charge >= 0.3 is 0 Å². The van der Waals surface area contributed by atoms with Crippen LogP contribution in [0.5, 0.6) is 0 Å². The number of halogens is 1. The maximum absolute atomic E-state index is 13.7. The third-order valence-electron chi connectivity index (χ3n) is 3.57. The molecule has 0 bridgehead atoms. The van der Waals surface area contributed by atoms with Gasteiger partial charge in [-0.05, 0) is 30.5 Å². The van der Waals surface area contributed by atoms with Crippen LogP contribution in [0.15, 0.2) is 18.2 Å². The van der Waals surface area contributed by atoms with Crippen molar-refractivity contribution < 1.29 is 4.39 Å². The molecule has 1 aliphatic heterocycles. The summed E-state index contributed by atoms with van der Waals surface area (Å²) in [5.74, 6) is 1.45. The molecule has 1 aromatic carbocycles. The number of anilines is 1. The lowest BCUT2D eigenvalue weighted by Crippen LogP contribution is -2.24. The molecule has 0 amide bonds. The van der Waals surface area contributed by atoms with Gasteiger partial charge in [-0.25, -0.2) is 9.07 Å². The van der Waals surface area contributed by atoms with E-state index in [0.717, 1.165) is 36.7 Å². The molecule has 5 heteroatoms. The molecule has 19 heavy (non-hydrogen) atoms. The lowest BCUT2D eigenvalue weighted by atomic mass is 10.0. The first-order valence-electron chi connectivity index (χ1n) is 6.64. The summed E-state index contributed by atoms with van der Waals surface area (Å²) in [4.78, 5) is 4.43. The molecule has 0 spiro atoms. The van der Waals surface area contributed by atoms with Gasteiger partial charge in [0.15, 0.2) is 5.82 Å². The third-order valence-corrected chi connectivity index (χ3v) is 3.57. The lowest BCUT2D eigenvalue weighted by molar-refractivity contribution is 0.474. The standard InChI is InChI=1S/C14H17FN4/c1-3-13-17-14-16-7-6-12(19(14)18-13)10-5-4-9(2)11(15)8-10/h4-5,8,12H,3,6-7H2,1-2H3,(H,16,17,18). The topological polar surface area (TPSA) is 42.7 Å². The largest absolute Gasteiger partial charge is 0.354 e. The van der Waals surface area contributed by atoms with Gasteiger partial charge in [-0.3, -0.25) is 0 Å². The van der Waals surface area contributed by atoms with Gasteiger partial charge in [0, 0.05) is 13.0 Å². The molecule has 0 saturated carbocycles. The summed E-state index contributed by atoms with van der Waals surface area (Å²) in [5.41, 5.74) is 1.63. The summed E-state index contributed by atoms with van der Waals surface area (Å²) in [5, 5.41) is 7.74. The van der Waals surface area contributed by atoms with Crippen molar-refractivity contribution in [1.29, 1.82) is 0 Å². The van der Waals surface area contributed by atoms with Crippen molar-refractivity contribution in [1.82, 2.24) is 14.8 Å². The van der Waals surface area contributed by atoms with Gasteiger partial charge in [0.2, 0.25) is 5.95 Å². The molecule has 100 valence electrons. The highest BCUT2D eigenvalue weighted by atomic mass is 19.1. The minimum atomic E-state index is -0.159. The van der Waals surface area contributed by atoms with Gasteiger partial charge < -0.3 is 5.32 Å². The second-order valence-corrected chi connectivity index (χ2v) is 4.89. The summed E-state index contributed by atoms with van der Waals surface area (Å²) in [6.45, 7) is 4.64. The van der Waals surface area contributed by atoms with Gasteiger partial charge in [-0.15, -0.1) is 0 Å². The van der Waals surface area contributed by atoms with Crippen LogP contribution in [0.25, 0.3) is 0 Å². The van der Waals surface area contributed by atoms with Crippen molar-refractivity contribution >= 4 is 5.95 Å². The summed E-state index contributed by atoms with van der Waals surface area (Å²) in [7, 11) is 0. The van der Waals surface area contributed by atoms with Crippen LogP contribution in [0.3, 0.4) is 0 Å². The predicted molar refractivity (Wildman–Crippen MR) is 71.8 cm³/mol. The quantitative estimate of drug-likeness (QED) is 0.902. The maximum atomic E-state index is 13.7. The number of hydrogen-bond donors (Lipinski definition) is 1. The fraction of sp³-hybridized carbons (Fsp3) is 0.429. The smallest absolute Gasteiger partial charge is 0.221 e. The predicted octanol–water partition coefficient (Wildman–Crippen LogP) is 2.69. The van der Waals surface area contributed by atoms with E-state index in [4.69, 9.17) is 0 Å². The molecular formula is C14H17FN4. The Hall–Kier alpha value is -1.91.